The molecule has 0 heterocycles. The average molecular weight is 141 g/mol. The van der Waals surface area contributed by atoms with E-state index in [-0.39, 0.29) is 0 Å². The van der Waals surface area contributed by atoms with Gasteiger partial charge in [-0.25, -0.2) is 0 Å². The first-order valence-electron chi connectivity index (χ1n) is 3.41. The molecule has 0 fully saturated rings. The minimum Gasteiger partial charge on any atom is -0.383 e. The molecular weight excluding hydrogens is 126 g/mol. The maximum Gasteiger partial charge on any atom is 0.147 e. The normalized spacial score (nSPS) is 11.9. The predicted octanol–water partition coefficient (Wildman–Crippen LogP) is 1.29. The van der Waals surface area contributed by atoms with Gasteiger partial charge in [-0.3, -0.25) is 4.79 Å². The van der Waals surface area contributed by atoms with Crippen molar-refractivity contribution in [1.29, 1.82) is 0 Å². The average Bonchev–Trinajstić information content (AvgIpc) is 1.81. The second kappa shape index (κ2) is 4.09. The zero-order valence-electron chi connectivity index (χ0n) is 7.09. The van der Waals surface area contributed by atoms with Crippen LogP contribution in [0.1, 0.15) is 13.8 Å². The van der Waals surface area contributed by atoms with Gasteiger partial charge in [0.15, 0.2) is 0 Å². The molecule has 0 unspecified atom stereocenters. The fourth-order valence-electron chi connectivity index (χ4n) is 0.614. The van der Waals surface area contributed by atoms with E-state index in [4.69, 9.17) is 0 Å². The standard InChI is InChI=1S/C8H15NO/c1-7(2)8(6-10)5-9(3)4/h5-7H,1-4H3/b8-5-. The first kappa shape index (κ1) is 9.21. The molecule has 0 N–H and O–H groups in total. The maximum absolute atomic E-state index is 10.4. The Kier molecular flexibility index (Phi) is 3.77. The van der Waals surface area contributed by atoms with Crippen molar-refractivity contribution in [3.8, 4) is 0 Å². The van der Waals surface area contributed by atoms with Gasteiger partial charge < -0.3 is 4.90 Å². The summed E-state index contributed by atoms with van der Waals surface area (Å²) in [5.74, 6) is 0.319. The van der Waals surface area contributed by atoms with E-state index in [1.807, 2.05) is 39.0 Å². The topological polar surface area (TPSA) is 20.3 Å². The van der Waals surface area contributed by atoms with E-state index >= 15 is 0 Å². The van der Waals surface area contributed by atoms with Crippen molar-refractivity contribution < 1.29 is 4.79 Å². The molecule has 0 aliphatic carbocycles. The van der Waals surface area contributed by atoms with Crippen LogP contribution < -0.4 is 0 Å². The van der Waals surface area contributed by atoms with Gasteiger partial charge in [0.1, 0.15) is 6.29 Å². The third-order valence-corrected chi connectivity index (χ3v) is 1.21. The molecule has 0 radical (unpaired) electrons. The van der Waals surface area contributed by atoms with Crippen molar-refractivity contribution in [3.63, 3.8) is 0 Å². The van der Waals surface area contributed by atoms with Crippen molar-refractivity contribution in [3.05, 3.63) is 11.8 Å². The minimum absolute atomic E-state index is 0.319. The summed E-state index contributed by atoms with van der Waals surface area (Å²) >= 11 is 0. The number of nitrogens with zero attached hydrogens (tertiary/aromatic N) is 1. The summed E-state index contributed by atoms with van der Waals surface area (Å²) in [4.78, 5) is 12.3. The van der Waals surface area contributed by atoms with Crippen molar-refractivity contribution in [2.75, 3.05) is 14.1 Å². The molecule has 0 saturated carbocycles. The predicted molar refractivity (Wildman–Crippen MR) is 42.7 cm³/mol. The highest BCUT2D eigenvalue weighted by molar-refractivity contribution is 5.73. The molecule has 0 aromatic heterocycles. The van der Waals surface area contributed by atoms with Crippen molar-refractivity contribution in [1.82, 2.24) is 4.90 Å². The van der Waals surface area contributed by atoms with Gasteiger partial charge in [-0.15, -0.1) is 0 Å². The first-order chi connectivity index (χ1) is 4.57. The van der Waals surface area contributed by atoms with Crippen LogP contribution in [0.15, 0.2) is 11.8 Å². The SMILES string of the molecule is CC(C)/C(C=O)=C\N(C)C. The van der Waals surface area contributed by atoms with E-state index in [0.29, 0.717) is 5.92 Å². The van der Waals surface area contributed by atoms with Gasteiger partial charge in [-0.2, -0.15) is 0 Å². The summed E-state index contributed by atoms with van der Waals surface area (Å²) in [5, 5.41) is 0. The molecule has 0 amide bonds. The van der Waals surface area contributed by atoms with Crippen LogP contribution in [-0.4, -0.2) is 25.3 Å². The molecule has 0 aliphatic heterocycles. The zero-order chi connectivity index (χ0) is 8.15. The number of hydrogen-bond donors (Lipinski definition) is 0. The smallest absolute Gasteiger partial charge is 0.147 e. The fourth-order valence-corrected chi connectivity index (χ4v) is 0.614. The Hall–Kier alpha value is -0.790. The van der Waals surface area contributed by atoms with E-state index < -0.39 is 0 Å². The van der Waals surface area contributed by atoms with Gasteiger partial charge in [0.2, 0.25) is 0 Å². The largest absolute Gasteiger partial charge is 0.383 e. The number of rotatable bonds is 3. The third kappa shape index (κ3) is 3.28. The number of hydrogen-bond acceptors (Lipinski definition) is 2. The van der Waals surface area contributed by atoms with Crippen molar-refractivity contribution >= 4 is 6.29 Å². The molecule has 2 nitrogen and oxygen atoms in total. The van der Waals surface area contributed by atoms with Gasteiger partial charge in [0.25, 0.3) is 0 Å². The summed E-state index contributed by atoms with van der Waals surface area (Å²) in [6.07, 6.45) is 2.75. The second-order valence-corrected chi connectivity index (χ2v) is 2.87. The van der Waals surface area contributed by atoms with E-state index in [0.717, 1.165) is 11.9 Å². The minimum atomic E-state index is 0.319. The first-order valence-corrected chi connectivity index (χ1v) is 3.41. The van der Waals surface area contributed by atoms with E-state index in [1.54, 1.807) is 0 Å². The quantitative estimate of drug-likeness (QED) is 0.436. The van der Waals surface area contributed by atoms with Crippen LogP contribution in [0.3, 0.4) is 0 Å². The van der Waals surface area contributed by atoms with E-state index in [2.05, 4.69) is 0 Å². The van der Waals surface area contributed by atoms with Gasteiger partial charge in [0, 0.05) is 25.9 Å². The zero-order valence-corrected chi connectivity index (χ0v) is 7.09. The van der Waals surface area contributed by atoms with Gasteiger partial charge >= 0.3 is 0 Å². The molecule has 10 heavy (non-hydrogen) atoms. The van der Waals surface area contributed by atoms with Crippen LogP contribution >= 0.6 is 0 Å². The molecular formula is C8H15NO. The lowest BCUT2D eigenvalue weighted by Crippen LogP contribution is -2.06. The van der Waals surface area contributed by atoms with E-state index in [9.17, 15) is 4.79 Å². The molecule has 0 rings (SSSR count). The van der Waals surface area contributed by atoms with Crippen LogP contribution in [0.4, 0.5) is 0 Å². The Morgan fingerprint density at radius 3 is 2.00 bits per heavy atom. The molecule has 0 bridgehead atoms. The van der Waals surface area contributed by atoms with Crippen LogP contribution in [0.5, 0.6) is 0 Å². The Bertz CT molecular complexity index is 136. The number of aldehydes is 1. The lowest BCUT2D eigenvalue weighted by Gasteiger charge is -2.09. The molecule has 0 aromatic carbocycles. The second-order valence-electron chi connectivity index (χ2n) is 2.87. The van der Waals surface area contributed by atoms with Crippen LogP contribution in [0.2, 0.25) is 0 Å². The monoisotopic (exact) mass is 141 g/mol. The maximum atomic E-state index is 10.4. The summed E-state index contributed by atoms with van der Waals surface area (Å²) in [7, 11) is 3.82. The van der Waals surface area contributed by atoms with Gasteiger partial charge in [-0.05, 0) is 5.92 Å². The van der Waals surface area contributed by atoms with Crippen LogP contribution in [-0.2, 0) is 4.79 Å². The highest BCUT2D eigenvalue weighted by Crippen LogP contribution is 2.05. The van der Waals surface area contributed by atoms with Crippen LogP contribution in [0.25, 0.3) is 0 Å². The Labute approximate surface area is 62.5 Å². The molecule has 0 aromatic rings. The summed E-state index contributed by atoms with van der Waals surface area (Å²) in [6.45, 7) is 4.01. The molecule has 0 aliphatic rings. The van der Waals surface area contributed by atoms with Gasteiger partial charge in [0.05, 0.1) is 0 Å². The third-order valence-electron chi connectivity index (χ3n) is 1.21. The Balaban J connectivity index is 4.18. The Morgan fingerprint density at radius 1 is 1.40 bits per heavy atom. The van der Waals surface area contributed by atoms with Crippen LogP contribution in [0, 0.1) is 5.92 Å². The molecule has 0 spiro atoms. The molecule has 2 heteroatoms. The van der Waals surface area contributed by atoms with E-state index in [1.165, 1.54) is 0 Å². The summed E-state index contributed by atoms with van der Waals surface area (Å²) in [5.41, 5.74) is 0.838. The summed E-state index contributed by atoms with van der Waals surface area (Å²) < 4.78 is 0. The number of carbonyl (C=O) groups excluding carboxylic acids is 1. The highest BCUT2D eigenvalue weighted by Gasteiger charge is 2.00. The lowest BCUT2D eigenvalue weighted by molar-refractivity contribution is -0.105. The van der Waals surface area contributed by atoms with Crippen molar-refractivity contribution in [2.45, 2.75) is 13.8 Å². The van der Waals surface area contributed by atoms with Gasteiger partial charge in [-0.1, -0.05) is 13.8 Å². The lowest BCUT2D eigenvalue weighted by atomic mass is 10.1. The highest BCUT2D eigenvalue weighted by atomic mass is 16.1. The number of carbonyl (C=O) groups is 1. The fraction of sp³-hybridized carbons (Fsp3) is 0.625. The Morgan fingerprint density at radius 2 is 1.90 bits per heavy atom. The number of allylic oxidation sites excluding steroid dienone is 1. The van der Waals surface area contributed by atoms with Crippen molar-refractivity contribution in [2.24, 2.45) is 5.92 Å². The summed E-state index contributed by atoms with van der Waals surface area (Å²) in [6, 6.07) is 0. The molecule has 58 valence electrons. The molecule has 0 saturated heterocycles. The molecule has 0 atom stereocenters.